The predicted molar refractivity (Wildman–Crippen MR) is 60.9 cm³/mol. The van der Waals surface area contributed by atoms with Crippen LogP contribution in [0.5, 0.6) is 5.75 Å². The average molecular weight is 215 g/mol. The van der Waals surface area contributed by atoms with Gasteiger partial charge in [0, 0.05) is 5.75 Å². The summed E-state index contributed by atoms with van der Waals surface area (Å²) in [6.07, 6.45) is 3.88. The van der Waals surface area contributed by atoms with E-state index in [1.807, 2.05) is 24.3 Å². The van der Waals surface area contributed by atoms with E-state index in [1.165, 1.54) is 0 Å². The summed E-state index contributed by atoms with van der Waals surface area (Å²) in [4.78, 5) is 0. The Bertz CT molecular complexity index is 310. The summed E-state index contributed by atoms with van der Waals surface area (Å²) in [5.74, 6) is 1.48. The Morgan fingerprint density at radius 2 is 2.31 bits per heavy atom. The Balaban J connectivity index is 2.91. The highest BCUT2D eigenvalue weighted by atomic mass is 35.5. The number of halogens is 1. The largest absolute Gasteiger partial charge is 0.497 e. The van der Waals surface area contributed by atoms with Crippen LogP contribution in [0.25, 0.3) is 6.08 Å². The van der Waals surface area contributed by atoms with Gasteiger partial charge in [-0.05, 0) is 23.8 Å². The molecule has 0 aliphatic heterocycles. The van der Waals surface area contributed by atoms with Crippen molar-refractivity contribution in [3.05, 3.63) is 34.9 Å². The van der Waals surface area contributed by atoms with Gasteiger partial charge >= 0.3 is 0 Å². The minimum absolute atomic E-state index is 0.692. The smallest absolute Gasteiger partial charge is 0.120 e. The van der Waals surface area contributed by atoms with Gasteiger partial charge in [0.1, 0.15) is 5.75 Å². The van der Waals surface area contributed by atoms with Gasteiger partial charge in [-0.3, -0.25) is 0 Å². The third-order valence-corrected chi connectivity index (χ3v) is 2.15. The van der Waals surface area contributed by atoms with Crippen molar-refractivity contribution < 1.29 is 4.74 Å². The van der Waals surface area contributed by atoms with Crippen molar-refractivity contribution in [2.24, 2.45) is 0 Å². The molecule has 1 rings (SSSR count). The summed E-state index contributed by atoms with van der Waals surface area (Å²) in [6.45, 7) is 0. The number of thiol groups is 1. The molecule has 0 aliphatic rings. The molecule has 0 bridgehead atoms. The van der Waals surface area contributed by atoms with Gasteiger partial charge in [-0.1, -0.05) is 23.8 Å². The van der Waals surface area contributed by atoms with Crippen molar-refractivity contribution in [2.45, 2.75) is 0 Å². The van der Waals surface area contributed by atoms with Crippen LogP contribution in [0.1, 0.15) is 5.56 Å². The predicted octanol–water partition coefficient (Wildman–Crippen LogP) is 3.29. The minimum atomic E-state index is 0.692. The van der Waals surface area contributed by atoms with Crippen molar-refractivity contribution in [3.8, 4) is 5.75 Å². The fourth-order valence-corrected chi connectivity index (χ4v) is 1.29. The van der Waals surface area contributed by atoms with E-state index < -0.39 is 0 Å². The molecule has 1 aromatic rings. The van der Waals surface area contributed by atoms with Crippen LogP contribution in [0.2, 0.25) is 5.02 Å². The summed E-state index contributed by atoms with van der Waals surface area (Å²) < 4.78 is 5.03. The molecule has 13 heavy (non-hydrogen) atoms. The maximum atomic E-state index is 5.99. The van der Waals surface area contributed by atoms with E-state index in [0.717, 1.165) is 11.3 Å². The van der Waals surface area contributed by atoms with Crippen LogP contribution in [-0.2, 0) is 0 Å². The maximum Gasteiger partial charge on any atom is 0.120 e. The molecule has 0 aromatic heterocycles. The van der Waals surface area contributed by atoms with Gasteiger partial charge < -0.3 is 4.74 Å². The molecule has 0 aliphatic carbocycles. The molecular formula is C10H11ClOS. The molecule has 0 atom stereocenters. The number of methoxy groups -OCH3 is 1. The summed E-state index contributed by atoms with van der Waals surface area (Å²) >= 11 is 10.1. The maximum absolute atomic E-state index is 5.99. The van der Waals surface area contributed by atoms with Gasteiger partial charge in [-0.25, -0.2) is 0 Å². The van der Waals surface area contributed by atoms with Crippen LogP contribution < -0.4 is 4.74 Å². The number of rotatable bonds is 3. The van der Waals surface area contributed by atoms with E-state index in [0.29, 0.717) is 10.8 Å². The van der Waals surface area contributed by atoms with Crippen LogP contribution in [0.3, 0.4) is 0 Å². The highest BCUT2D eigenvalue weighted by Gasteiger charge is 1.97. The van der Waals surface area contributed by atoms with Gasteiger partial charge in [0.2, 0.25) is 0 Å². The number of hydrogen-bond donors (Lipinski definition) is 1. The molecule has 70 valence electrons. The first-order valence-corrected chi connectivity index (χ1v) is 4.90. The second-order valence-corrected chi connectivity index (χ2v) is 3.24. The molecule has 0 heterocycles. The number of hydrogen-bond acceptors (Lipinski definition) is 2. The van der Waals surface area contributed by atoms with E-state index in [-0.39, 0.29) is 0 Å². The average Bonchev–Trinajstić information content (AvgIpc) is 2.16. The van der Waals surface area contributed by atoms with E-state index in [1.54, 1.807) is 13.2 Å². The highest BCUT2D eigenvalue weighted by Crippen LogP contribution is 2.23. The van der Waals surface area contributed by atoms with Crippen LogP contribution in [0.4, 0.5) is 0 Å². The quantitative estimate of drug-likeness (QED) is 0.760. The molecule has 0 saturated carbocycles. The third-order valence-electron chi connectivity index (χ3n) is 1.61. The Morgan fingerprint density at radius 3 is 2.85 bits per heavy atom. The lowest BCUT2D eigenvalue weighted by Crippen LogP contribution is -1.83. The van der Waals surface area contributed by atoms with E-state index in [2.05, 4.69) is 12.6 Å². The van der Waals surface area contributed by atoms with Crippen LogP contribution in [-0.4, -0.2) is 12.9 Å². The molecular weight excluding hydrogens is 204 g/mol. The zero-order chi connectivity index (χ0) is 9.68. The fourth-order valence-electron chi connectivity index (χ4n) is 0.950. The lowest BCUT2D eigenvalue weighted by atomic mass is 10.2. The molecule has 0 N–H and O–H groups in total. The second kappa shape index (κ2) is 5.20. The topological polar surface area (TPSA) is 9.23 Å². The normalized spacial score (nSPS) is 10.7. The first-order valence-electron chi connectivity index (χ1n) is 3.89. The molecule has 1 aromatic carbocycles. The van der Waals surface area contributed by atoms with Gasteiger partial charge in [0.25, 0.3) is 0 Å². The summed E-state index contributed by atoms with van der Waals surface area (Å²) in [6, 6.07) is 5.59. The summed E-state index contributed by atoms with van der Waals surface area (Å²) in [5.41, 5.74) is 0.983. The van der Waals surface area contributed by atoms with E-state index in [4.69, 9.17) is 16.3 Å². The molecule has 0 radical (unpaired) electrons. The van der Waals surface area contributed by atoms with Crippen LogP contribution >= 0.6 is 24.2 Å². The van der Waals surface area contributed by atoms with Crippen molar-refractivity contribution in [3.63, 3.8) is 0 Å². The summed E-state index contributed by atoms with van der Waals surface area (Å²) in [7, 11) is 1.62. The first-order chi connectivity index (χ1) is 6.27. The number of benzene rings is 1. The monoisotopic (exact) mass is 214 g/mol. The van der Waals surface area contributed by atoms with Gasteiger partial charge in [-0.15, -0.1) is 0 Å². The first kappa shape index (κ1) is 10.5. The SMILES string of the molecule is COc1ccc(C=CCS)c(Cl)c1. The zero-order valence-electron chi connectivity index (χ0n) is 7.33. The van der Waals surface area contributed by atoms with E-state index >= 15 is 0 Å². The van der Waals surface area contributed by atoms with Crippen molar-refractivity contribution in [2.75, 3.05) is 12.9 Å². The van der Waals surface area contributed by atoms with E-state index in [9.17, 15) is 0 Å². The third kappa shape index (κ3) is 2.98. The highest BCUT2D eigenvalue weighted by molar-refractivity contribution is 7.80. The molecule has 3 heteroatoms. The van der Waals surface area contributed by atoms with Gasteiger partial charge in [0.05, 0.1) is 12.1 Å². The minimum Gasteiger partial charge on any atom is -0.497 e. The van der Waals surface area contributed by atoms with Crippen LogP contribution in [0, 0.1) is 0 Å². The molecule has 1 nitrogen and oxygen atoms in total. The number of ether oxygens (including phenoxy) is 1. The lowest BCUT2D eigenvalue weighted by Gasteiger charge is -2.02. The van der Waals surface area contributed by atoms with Crippen molar-refractivity contribution in [1.29, 1.82) is 0 Å². The molecule has 0 spiro atoms. The fraction of sp³-hybridized carbons (Fsp3) is 0.200. The Labute approximate surface area is 88.8 Å². The summed E-state index contributed by atoms with van der Waals surface area (Å²) in [5, 5.41) is 0.692. The van der Waals surface area contributed by atoms with Gasteiger partial charge in [-0.2, -0.15) is 12.6 Å². The lowest BCUT2D eigenvalue weighted by molar-refractivity contribution is 0.415. The molecule has 0 amide bonds. The van der Waals surface area contributed by atoms with Crippen LogP contribution in [0.15, 0.2) is 24.3 Å². The van der Waals surface area contributed by atoms with Crippen molar-refractivity contribution >= 4 is 30.3 Å². The Kier molecular flexibility index (Phi) is 4.19. The second-order valence-electron chi connectivity index (χ2n) is 2.47. The van der Waals surface area contributed by atoms with Crippen molar-refractivity contribution in [1.82, 2.24) is 0 Å². The Morgan fingerprint density at radius 1 is 1.54 bits per heavy atom. The molecule has 0 fully saturated rings. The standard InChI is InChI=1S/C10H11ClOS/c1-12-9-5-4-8(3-2-6-13)10(11)7-9/h2-5,7,13H,6H2,1H3. The molecule has 0 saturated heterocycles. The van der Waals surface area contributed by atoms with Gasteiger partial charge in [0.15, 0.2) is 0 Å². The molecule has 0 unspecified atom stereocenters. The zero-order valence-corrected chi connectivity index (χ0v) is 8.98. The Hall–Kier alpha value is -0.600.